The van der Waals surface area contributed by atoms with Crippen LogP contribution in [-0.2, 0) is 9.59 Å². The second-order valence-corrected chi connectivity index (χ2v) is 8.67. The third-order valence-corrected chi connectivity index (χ3v) is 6.10. The fourth-order valence-corrected chi connectivity index (χ4v) is 4.81. The number of halogens is 1. The molecule has 0 fully saturated rings. The number of hydrogen-bond acceptors (Lipinski definition) is 6. The Kier molecular flexibility index (Phi) is 6.29. The molecule has 0 aliphatic carbocycles. The van der Waals surface area contributed by atoms with E-state index in [-0.39, 0.29) is 16.3 Å². The number of para-hydroxylation sites is 1. The number of anilines is 2. The smallest absolute Gasteiger partial charge is 0.283 e. The van der Waals surface area contributed by atoms with Gasteiger partial charge in [-0.25, -0.2) is 19.3 Å². The summed E-state index contributed by atoms with van der Waals surface area (Å²) in [4.78, 5) is 38.9. The van der Waals surface area contributed by atoms with Gasteiger partial charge in [0.1, 0.15) is 16.4 Å². The van der Waals surface area contributed by atoms with E-state index in [1.54, 1.807) is 11.0 Å². The van der Waals surface area contributed by atoms with Crippen LogP contribution in [-0.4, -0.2) is 28.3 Å². The summed E-state index contributed by atoms with van der Waals surface area (Å²) in [5, 5.41) is 0.358. The van der Waals surface area contributed by atoms with Gasteiger partial charge in [-0.15, -0.1) is 0 Å². The first-order valence-corrected chi connectivity index (χ1v) is 11.3. The number of imide groups is 1. The maximum Gasteiger partial charge on any atom is 0.283 e. The molecule has 2 heterocycles. The van der Waals surface area contributed by atoms with Crippen LogP contribution in [0.2, 0.25) is 0 Å². The Labute approximate surface area is 196 Å². The normalized spacial score (nSPS) is 13.8. The van der Waals surface area contributed by atoms with Gasteiger partial charge in [-0.2, -0.15) is 0 Å². The molecule has 2 aromatic carbocycles. The van der Waals surface area contributed by atoms with E-state index in [9.17, 15) is 14.0 Å². The van der Waals surface area contributed by atoms with Crippen molar-refractivity contribution in [1.29, 1.82) is 0 Å². The van der Waals surface area contributed by atoms with Crippen molar-refractivity contribution >= 4 is 35.0 Å². The van der Waals surface area contributed by atoms with Gasteiger partial charge < -0.3 is 4.90 Å². The molecule has 2 amide bonds. The SMILES string of the molecule is CCN(C1=C(Sc2nc(C)cc(C)n2)C(=O)N(c2ccccc2F)C1=O)c1cccc(C)c1. The molecular weight excluding hydrogens is 439 g/mol. The minimum atomic E-state index is -0.647. The van der Waals surface area contributed by atoms with Crippen LogP contribution in [0.3, 0.4) is 0 Å². The minimum Gasteiger partial charge on any atom is -0.336 e. The average molecular weight is 463 g/mol. The maximum atomic E-state index is 14.6. The second kappa shape index (κ2) is 9.15. The van der Waals surface area contributed by atoms with Crippen molar-refractivity contribution < 1.29 is 14.0 Å². The first-order chi connectivity index (χ1) is 15.8. The van der Waals surface area contributed by atoms with E-state index in [2.05, 4.69) is 9.97 Å². The van der Waals surface area contributed by atoms with Gasteiger partial charge in [0.15, 0.2) is 5.16 Å². The van der Waals surface area contributed by atoms with E-state index in [1.807, 2.05) is 58.0 Å². The number of likely N-dealkylation sites (N-methyl/N-ethyl adjacent to an activating group) is 1. The number of hydrogen-bond donors (Lipinski definition) is 0. The number of carbonyl (C=O) groups excluding carboxylic acids is 2. The number of thioether (sulfide) groups is 1. The Hall–Kier alpha value is -3.52. The first-order valence-electron chi connectivity index (χ1n) is 10.5. The number of carbonyl (C=O) groups is 2. The number of aryl methyl sites for hydroxylation is 3. The lowest BCUT2D eigenvalue weighted by molar-refractivity contribution is -0.120. The van der Waals surface area contributed by atoms with Crippen molar-refractivity contribution in [2.45, 2.75) is 32.9 Å². The highest BCUT2D eigenvalue weighted by molar-refractivity contribution is 8.04. The Bertz CT molecular complexity index is 1270. The van der Waals surface area contributed by atoms with Crippen molar-refractivity contribution in [3.05, 3.63) is 88.0 Å². The summed E-state index contributed by atoms with van der Waals surface area (Å²) in [6.45, 7) is 7.96. The van der Waals surface area contributed by atoms with E-state index in [4.69, 9.17) is 0 Å². The molecule has 1 aliphatic heterocycles. The number of aromatic nitrogens is 2. The Balaban J connectivity index is 1.87. The van der Waals surface area contributed by atoms with Crippen molar-refractivity contribution in [3.8, 4) is 0 Å². The van der Waals surface area contributed by atoms with Crippen LogP contribution < -0.4 is 9.80 Å². The molecule has 1 aromatic heterocycles. The van der Waals surface area contributed by atoms with Crippen LogP contribution in [0.4, 0.5) is 15.8 Å². The Morgan fingerprint density at radius 3 is 2.27 bits per heavy atom. The van der Waals surface area contributed by atoms with E-state index in [1.165, 1.54) is 18.2 Å². The van der Waals surface area contributed by atoms with Crippen molar-refractivity contribution in [1.82, 2.24) is 9.97 Å². The molecule has 33 heavy (non-hydrogen) atoms. The Morgan fingerprint density at radius 2 is 1.64 bits per heavy atom. The van der Waals surface area contributed by atoms with E-state index >= 15 is 0 Å². The number of benzene rings is 2. The molecule has 1 aliphatic rings. The fourth-order valence-electron chi connectivity index (χ4n) is 3.78. The molecule has 0 spiro atoms. The summed E-state index contributed by atoms with van der Waals surface area (Å²) in [5.74, 6) is -1.83. The summed E-state index contributed by atoms with van der Waals surface area (Å²) in [7, 11) is 0. The van der Waals surface area contributed by atoms with Gasteiger partial charge in [0.2, 0.25) is 0 Å². The molecule has 0 N–H and O–H groups in total. The average Bonchev–Trinajstić information content (AvgIpc) is 2.99. The van der Waals surface area contributed by atoms with Crippen LogP contribution >= 0.6 is 11.8 Å². The van der Waals surface area contributed by atoms with Crippen LogP contribution in [0.25, 0.3) is 0 Å². The molecular formula is C25H23FN4O2S. The highest BCUT2D eigenvalue weighted by Gasteiger charge is 2.44. The van der Waals surface area contributed by atoms with Gasteiger partial charge in [-0.1, -0.05) is 24.3 Å². The predicted octanol–water partition coefficient (Wildman–Crippen LogP) is 4.94. The van der Waals surface area contributed by atoms with Crippen molar-refractivity contribution in [2.75, 3.05) is 16.3 Å². The summed E-state index contributed by atoms with van der Waals surface area (Å²) in [6.07, 6.45) is 0. The summed E-state index contributed by atoms with van der Waals surface area (Å²) < 4.78 is 14.6. The largest absolute Gasteiger partial charge is 0.336 e. The molecule has 0 radical (unpaired) electrons. The highest BCUT2D eigenvalue weighted by atomic mass is 32.2. The first kappa shape index (κ1) is 22.7. The second-order valence-electron chi connectivity index (χ2n) is 7.69. The fraction of sp³-hybridized carbons (Fsp3) is 0.200. The third kappa shape index (κ3) is 4.39. The highest BCUT2D eigenvalue weighted by Crippen LogP contribution is 2.39. The zero-order valence-electron chi connectivity index (χ0n) is 18.8. The maximum absolute atomic E-state index is 14.6. The lowest BCUT2D eigenvalue weighted by atomic mass is 10.2. The van der Waals surface area contributed by atoms with E-state index in [0.29, 0.717) is 11.7 Å². The third-order valence-electron chi connectivity index (χ3n) is 5.17. The molecule has 0 atom stereocenters. The molecule has 8 heteroatoms. The molecule has 0 saturated carbocycles. The lowest BCUT2D eigenvalue weighted by Crippen LogP contribution is -2.35. The zero-order chi connectivity index (χ0) is 23.7. The standard InChI is InChI=1S/C25H23FN4O2S/c1-5-29(18-10-8-9-15(2)13-18)21-22(33-25-27-16(3)14-17(4)28-25)24(32)30(23(21)31)20-12-7-6-11-19(20)26/h6-14H,5H2,1-4H3. The van der Waals surface area contributed by atoms with Crippen LogP contribution in [0.5, 0.6) is 0 Å². The summed E-state index contributed by atoms with van der Waals surface area (Å²) in [5.41, 5.74) is 3.39. The van der Waals surface area contributed by atoms with Gasteiger partial charge in [0.25, 0.3) is 11.8 Å². The monoisotopic (exact) mass is 462 g/mol. The van der Waals surface area contributed by atoms with Crippen LogP contribution in [0, 0.1) is 26.6 Å². The van der Waals surface area contributed by atoms with Gasteiger partial charge in [-0.05, 0) is 75.4 Å². The van der Waals surface area contributed by atoms with E-state index in [0.717, 1.165) is 39.3 Å². The zero-order valence-corrected chi connectivity index (χ0v) is 19.6. The minimum absolute atomic E-state index is 0.0813. The van der Waals surface area contributed by atoms with Gasteiger partial charge in [0.05, 0.1) is 5.69 Å². The predicted molar refractivity (Wildman–Crippen MR) is 127 cm³/mol. The summed E-state index contributed by atoms with van der Waals surface area (Å²) in [6, 6.07) is 15.3. The number of nitrogens with zero attached hydrogens (tertiary/aromatic N) is 4. The topological polar surface area (TPSA) is 66.4 Å². The molecule has 168 valence electrons. The lowest BCUT2D eigenvalue weighted by Gasteiger charge is -2.25. The molecule has 4 rings (SSSR count). The van der Waals surface area contributed by atoms with Gasteiger partial charge in [0, 0.05) is 23.6 Å². The number of rotatable bonds is 6. The van der Waals surface area contributed by atoms with Crippen LogP contribution in [0.15, 0.2) is 70.4 Å². The number of amides is 2. The van der Waals surface area contributed by atoms with Crippen molar-refractivity contribution in [3.63, 3.8) is 0 Å². The van der Waals surface area contributed by atoms with Gasteiger partial charge in [-0.3, -0.25) is 9.59 Å². The molecule has 0 saturated heterocycles. The Morgan fingerprint density at radius 1 is 0.939 bits per heavy atom. The van der Waals surface area contributed by atoms with Gasteiger partial charge >= 0.3 is 0 Å². The molecule has 0 bridgehead atoms. The molecule has 0 unspecified atom stereocenters. The van der Waals surface area contributed by atoms with Crippen LogP contribution in [0.1, 0.15) is 23.9 Å². The summed E-state index contributed by atoms with van der Waals surface area (Å²) >= 11 is 1.03. The quantitative estimate of drug-likeness (QED) is 0.382. The van der Waals surface area contributed by atoms with E-state index < -0.39 is 17.6 Å². The molecule has 6 nitrogen and oxygen atoms in total. The van der Waals surface area contributed by atoms with Crippen molar-refractivity contribution in [2.24, 2.45) is 0 Å². The molecule has 3 aromatic rings.